The highest BCUT2D eigenvalue weighted by Crippen LogP contribution is 2.25. The van der Waals surface area contributed by atoms with Crippen LogP contribution >= 0.6 is 0 Å². The number of hydrogen-bond donors (Lipinski definition) is 1. The summed E-state index contributed by atoms with van der Waals surface area (Å²) < 4.78 is 40.8. The molecular weight excluding hydrogens is 331 g/mol. The molecule has 3 nitrogen and oxygen atoms in total. The Morgan fingerprint density at radius 3 is 2.72 bits per heavy atom. The predicted octanol–water partition coefficient (Wildman–Crippen LogP) is 3.83. The molecule has 0 bridgehead atoms. The van der Waals surface area contributed by atoms with E-state index in [-0.39, 0.29) is 24.0 Å². The number of fused-ring (bicyclic) bond motifs is 1. The Hall–Kier alpha value is -2.34. The van der Waals surface area contributed by atoms with Crippen LogP contribution in [0.15, 0.2) is 42.5 Å². The lowest BCUT2D eigenvalue weighted by Gasteiger charge is -2.21. The molecule has 0 saturated heterocycles. The maximum Gasteiger partial charge on any atom is 0.573 e. The van der Waals surface area contributed by atoms with Gasteiger partial charge in [0.15, 0.2) is 5.78 Å². The molecule has 0 fully saturated rings. The van der Waals surface area contributed by atoms with Crippen molar-refractivity contribution in [1.82, 2.24) is 0 Å². The molecule has 1 unspecified atom stereocenters. The molecule has 2 aromatic carbocycles. The Morgan fingerprint density at radius 1 is 1.16 bits per heavy atom. The zero-order chi connectivity index (χ0) is 18.0. The number of Topliss-reactive ketones (excluding diaryl/α,β-unsaturated/α-hetero) is 1. The van der Waals surface area contributed by atoms with Crippen molar-refractivity contribution in [2.24, 2.45) is 5.73 Å². The minimum atomic E-state index is -4.75. The smallest absolute Gasteiger partial charge is 0.406 e. The van der Waals surface area contributed by atoms with Crippen LogP contribution in [0.25, 0.3) is 0 Å². The van der Waals surface area contributed by atoms with Crippen LogP contribution in [0.1, 0.15) is 33.5 Å². The van der Waals surface area contributed by atoms with Gasteiger partial charge in [-0.05, 0) is 54.2 Å². The van der Waals surface area contributed by atoms with Crippen LogP contribution < -0.4 is 10.5 Å². The van der Waals surface area contributed by atoms with E-state index in [4.69, 9.17) is 5.73 Å². The van der Waals surface area contributed by atoms with E-state index in [2.05, 4.69) is 4.74 Å². The van der Waals surface area contributed by atoms with E-state index in [1.165, 1.54) is 18.2 Å². The van der Waals surface area contributed by atoms with Gasteiger partial charge in [-0.25, -0.2) is 0 Å². The number of carbonyl (C=O) groups excluding carboxylic acids is 1. The third-order valence-electron chi connectivity index (χ3n) is 4.29. The Kier molecular flexibility index (Phi) is 4.81. The molecule has 132 valence electrons. The standard InChI is InChI=1S/C19H18F3NO2/c20-19(21,22)25-17-3-1-2-12(8-17)9-18(24)15-5-4-14-11-16(23)7-6-13(14)10-15/h1-5,8,10,16H,6-7,9,11,23H2. The van der Waals surface area contributed by atoms with Crippen molar-refractivity contribution in [3.05, 3.63) is 64.7 Å². The van der Waals surface area contributed by atoms with Gasteiger partial charge >= 0.3 is 6.36 Å². The number of aryl methyl sites for hydroxylation is 1. The van der Waals surface area contributed by atoms with Crippen LogP contribution in [0.5, 0.6) is 5.75 Å². The Labute approximate surface area is 143 Å². The number of hydrogen-bond acceptors (Lipinski definition) is 3. The van der Waals surface area contributed by atoms with Crippen molar-refractivity contribution in [3.63, 3.8) is 0 Å². The molecule has 25 heavy (non-hydrogen) atoms. The first-order valence-electron chi connectivity index (χ1n) is 8.05. The molecule has 3 rings (SSSR count). The fourth-order valence-electron chi connectivity index (χ4n) is 3.10. The number of ether oxygens (including phenoxy) is 1. The molecule has 0 aromatic heterocycles. The van der Waals surface area contributed by atoms with E-state index in [0.717, 1.165) is 30.4 Å². The quantitative estimate of drug-likeness (QED) is 0.854. The maximum absolute atomic E-state index is 12.5. The van der Waals surface area contributed by atoms with E-state index < -0.39 is 6.36 Å². The molecule has 0 radical (unpaired) electrons. The van der Waals surface area contributed by atoms with Gasteiger partial charge in [0.2, 0.25) is 0 Å². The number of carbonyl (C=O) groups is 1. The Bertz CT molecular complexity index is 786. The summed E-state index contributed by atoms with van der Waals surface area (Å²) in [6.45, 7) is 0. The maximum atomic E-state index is 12.5. The molecule has 2 aromatic rings. The summed E-state index contributed by atoms with van der Waals surface area (Å²) in [5.74, 6) is -0.459. The normalized spacial score (nSPS) is 17.0. The van der Waals surface area contributed by atoms with Gasteiger partial charge in [0.25, 0.3) is 0 Å². The van der Waals surface area contributed by atoms with Gasteiger partial charge in [-0.1, -0.05) is 24.3 Å². The molecule has 0 heterocycles. The highest BCUT2D eigenvalue weighted by molar-refractivity contribution is 5.97. The minimum absolute atomic E-state index is 0.0212. The summed E-state index contributed by atoms with van der Waals surface area (Å²) in [7, 11) is 0. The Morgan fingerprint density at radius 2 is 1.96 bits per heavy atom. The molecular formula is C19H18F3NO2. The first-order chi connectivity index (χ1) is 11.8. The van der Waals surface area contributed by atoms with Gasteiger partial charge < -0.3 is 10.5 Å². The molecule has 1 aliphatic rings. The fourth-order valence-corrected chi connectivity index (χ4v) is 3.10. The van der Waals surface area contributed by atoms with Gasteiger partial charge in [0.1, 0.15) is 5.75 Å². The average Bonchev–Trinajstić information content (AvgIpc) is 2.53. The minimum Gasteiger partial charge on any atom is -0.406 e. The van der Waals surface area contributed by atoms with Crippen LogP contribution in [0.3, 0.4) is 0 Å². The second-order valence-electron chi connectivity index (χ2n) is 6.28. The third kappa shape index (κ3) is 4.60. The van der Waals surface area contributed by atoms with E-state index in [0.29, 0.717) is 11.1 Å². The van der Waals surface area contributed by atoms with Crippen LogP contribution in [-0.2, 0) is 19.3 Å². The van der Waals surface area contributed by atoms with Crippen molar-refractivity contribution in [2.45, 2.75) is 38.1 Å². The largest absolute Gasteiger partial charge is 0.573 e. The van der Waals surface area contributed by atoms with Gasteiger partial charge in [-0.2, -0.15) is 0 Å². The van der Waals surface area contributed by atoms with Crippen molar-refractivity contribution in [2.75, 3.05) is 0 Å². The monoisotopic (exact) mass is 349 g/mol. The van der Waals surface area contributed by atoms with Crippen LogP contribution in [0.2, 0.25) is 0 Å². The summed E-state index contributed by atoms with van der Waals surface area (Å²) in [4.78, 5) is 12.5. The lowest BCUT2D eigenvalue weighted by molar-refractivity contribution is -0.274. The number of rotatable bonds is 4. The first-order valence-corrected chi connectivity index (χ1v) is 8.05. The highest BCUT2D eigenvalue weighted by atomic mass is 19.4. The summed E-state index contributed by atoms with van der Waals surface area (Å²) in [6.07, 6.45) is -2.19. The lowest BCUT2D eigenvalue weighted by atomic mass is 9.87. The number of nitrogens with two attached hydrogens (primary N) is 1. The molecule has 0 saturated carbocycles. The fraction of sp³-hybridized carbons (Fsp3) is 0.316. The zero-order valence-electron chi connectivity index (χ0n) is 13.5. The summed E-state index contributed by atoms with van der Waals surface area (Å²) >= 11 is 0. The van der Waals surface area contributed by atoms with Gasteiger partial charge in [-0.3, -0.25) is 4.79 Å². The molecule has 2 N–H and O–H groups in total. The molecule has 0 spiro atoms. The summed E-state index contributed by atoms with van der Waals surface area (Å²) in [5, 5.41) is 0. The molecule has 1 atom stereocenters. The second-order valence-corrected chi connectivity index (χ2v) is 6.28. The summed E-state index contributed by atoms with van der Waals surface area (Å²) in [5.41, 5.74) is 9.28. The van der Waals surface area contributed by atoms with Gasteiger partial charge in [0.05, 0.1) is 0 Å². The third-order valence-corrected chi connectivity index (χ3v) is 4.29. The number of benzene rings is 2. The molecule has 1 aliphatic carbocycles. The van der Waals surface area contributed by atoms with Crippen LogP contribution in [0, 0.1) is 0 Å². The molecule has 6 heteroatoms. The van der Waals surface area contributed by atoms with E-state index >= 15 is 0 Å². The highest BCUT2D eigenvalue weighted by Gasteiger charge is 2.31. The topological polar surface area (TPSA) is 52.3 Å². The molecule has 0 amide bonds. The van der Waals surface area contributed by atoms with Crippen LogP contribution in [0.4, 0.5) is 13.2 Å². The van der Waals surface area contributed by atoms with E-state index in [1.54, 1.807) is 12.1 Å². The van der Waals surface area contributed by atoms with Crippen molar-refractivity contribution >= 4 is 5.78 Å². The Balaban J connectivity index is 1.73. The summed E-state index contributed by atoms with van der Waals surface area (Å²) in [6, 6.07) is 11.2. The number of ketones is 1. The van der Waals surface area contributed by atoms with Crippen molar-refractivity contribution in [1.29, 1.82) is 0 Å². The second kappa shape index (κ2) is 6.88. The van der Waals surface area contributed by atoms with E-state index in [1.807, 2.05) is 12.1 Å². The SMILES string of the molecule is NC1CCc2cc(C(=O)Cc3cccc(OC(F)(F)F)c3)ccc2C1. The number of halogens is 3. The zero-order valence-corrected chi connectivity index (χ0v) is 13.5. The van der Waals surface area contributed by atoms with Crippen molar-refractivity contribution < 1.29 is 22.7 Å². The van der Waals surface area contributed by atoms with Crippen LogP contribution in [-0.4, -0.2) is 18.2 Å². The van der Waals surface area contributed by atoms with Crippen molar-refractivity contribution in [3.8, 4) is 5.75 Å². The average molecular weight is 349 g/mol. The number of alkyl halides is 3. The van der Waals surface area contributed by atoms with Gasteiger partial charge in [-0.15, -0.1) is 13.2 Å². The lowest BCUT2D eigenvalue weighted by Crippen LogP contribution is -2.28. The first kappa shape index (κ1) is 17.5. The van der Waals surface area contributed by atoms with E-state index in [9.17, 15) is 18.0 Å². The predicted molar refractivity (Wildman–Crippen MR) is 87.6 cm³/mol. The molecule has 0 aliphatic heterocycles. The van der Waals surface area contributed by atoms with Gasteiger partial charge in [0, 0.05) is 18.0 Å².